The zero-order valence-corrected chi connectivity index (χ0v) is 14.3. The summed E-state index contributed by atoms with van der Waals surface area (Å²) in [7, 11) is -3.37. The average Bonchev–Trinajstić information content (AvgIpc) is 2.91. The van der Waals surface area contributed by atoms with Crippen LogP contribution in [0.15, 0.2) is 30.6 Å². The Morgan fingerprint density at radius 3 is 2.75 bits per heavy atom. The molecule has 0 atom stereocenters. The number of hydrogen-bond acceptors (Lipinski definition) is 5. The lowest BCUT2D eigenvalue weighted by Crippen LogP contribution is -2.29. The van der Waals surface area contributed by atoms with E-state index in [0.29, 0.717) is 17.2 Å². The molecule has 0 unspecified atom stereocenters. The fraction of sp³-hybridized carbons (Fsp3) is 0.357. The van der Waals surface area contributed by atoms with Crippen LogP contribution in [0.4, 0.5) is 16.2 Å². The number of nitrogens with zero attached hydrogens (tertiary/aromatic N) is 3. The molecule has 1 aromatic carbocycles. The van der Waals surface area contributed by atoms with E-state index in [-0.39, 0.29) is 6.54 Å². The van der Waals surface area contributed by atoms with Gasteiger partial charge in [0.1, 0.15) is 6.33 Å². The second kappa shape index (κ2) is 7.77. The number of hydrogen-bond donors (Lipinski definition) is 3. The lowest BCUT2D eigenvalue weighted by Gasteiger charge is -2.10. The Morgan fingerprint density at radius 2 is 2.04 bits per heavy atom. The SMILES string of the molecule is CCCn1cnnc1CNC(=O)Nc1cccc(NS(C)(=O)=O)c1. The van der Waals surface area contributed by atoms with Gasteiger partial charge in [0, 0.05) is 12.2 Å². The molecule has 1 heterocycles. The molecule has 2 aromatic rings. The molecule has 2 rings (SSSR count). The van der Waals surface area contributed by atoms with Crippen LogP contribution in [0.1, 0.15) is 19.2 Å². The first-order chi connectivity index (χ1) is 11.4. The monoisotopic (exact) mass is 352 g/mol. The first kappa shape index (κ1) is 17.7. The summed E-state index contributed by atoms with van der Waals surface area (Å²) in [6.45, 7) is 3.07. The largest absolute Gasteiger partial charge is 0.331 e. The Balaban J connectivity index is 1.92. The van der Waals surface area contributed by atoms with Gasteiger partial charge in [-0.2, -0.15) is 0 Å². The van der Waals surface area contributed by atoms with E-state index in [4.69, 9.17) is 0 Å². The minimum absolute atomic E-state index is 0.243. The summed E-state index contributed by atoms with van der Waals surface area (Å²) in [4.78, 5) is 12.0. The first-order valence-corrected chi connectivity index (χ1v) is 9.26. The number of carbonyl (C=O) groups excluding carboxylic acids is 1. The van der Waals surface area contributed by atoms with Crippen LogP contribution >= 0.6 is 0 Å². The van der Waals surface area contributed by atoms with Crippen LogP contribution in [0.2, 0.25) is 0 Å². The van der Waals surface area contributed by atoms with E-state index in [9.17, 15) is 13.2 Å². The van der Waals surface area contributed by atoms with Crippen molar-refractivity contribution in [3.63, 3.8) is 0 Å². The highest BCUT2D eigenvalue weighted by Gasteiger charge is 2.08. The van der Waals surface area contributed by atoms with Gasteiger partial charge in [0.15, 0.2) is 5.82 Å². The van der Waals surface area contributed by atoms with Gasteiger partial charge in [0.05, 0.1) is 18.5 Å². The molecule has 0 radical (unpaired) electrons. The molecular weight excluding hydrogens is 332 g/mol. The molecular formula is C14H20N6O3S. The summed E-state index contributed by atoms with van der Waals surface area (Å²) < 4.78 is 26.7. The summed E-state index contributed by atoms with van der Waals surface area (Å²) >= 11 is 0. The Hall–Kier alpha value is -2.62. The molecule has 24 heavy (non-hydrogen) atoms. The van der Waals surface area contributed by atoms with Crippen LogP contribution in [0.3, 0.4) is 0 Å². The fourth-order valence-corrected chi connectivity index (χ4v) is 2.61. The van der Waals surface area contributed by atoms with Crippen LogP contribution in [0, 0.1) is 0 Å². The summed E-state index contributed by atoms with van der Waals surface area (Å²) in [6.07, 6.45) is 3.63. The van der Waals surface area contributed by atoms with E-state index in [2.05, 4.69) is 25.6 Å². The normalized spacial score (nSPS) is 11.1. The highest BCUT2D eigenvalue weighted by atomic mass is 32.2. The predicted molar refractivity (Wildman–Crippen MR) is 91.1 cm³/mol. The Bertz CT molecular complexity index is 802. The number of carbonyl (C=O) groups is 1. The predicted octanol–water partition coefficient (Wildman–Crippen LogP) is 1.38. The third-order valence-electron chi connectivity index (χ3n) is 2.99. The van der Waals surface area contributed by atoms with Gasteiger partial charge in [0.2, 0.25) is 10.0 Å². The van der Waals surface area contributed by atoms with E-state index in [1.54, 1.807) is 24.5 Å². The van der Waals surface area contributed by atoms with Gasteiger partial charge >= 0.3 is 6.03 Å². The number of anilines is 2. The molecule has 0 fully saturated rings. The van der Waals surface area contributed by atoms with Gasteiger partial charge in [0.25, 0.3) is 0 Å². The Labute approximate surface area is 140 Å². The standard InChI is InChI=1S/C14H20N6O3S/c1-3-7-20-10-16-18-13(20)9-15-14(21)17-11-5-4-6-12(8-11)19-24(2,22)23/h4-6,8,10,19H,3,7,9H2,1-2H3,(H2,15,17,21). The van der Waals surface area contributed by atoms with Crippen molar-refractivity contribution < 1.29 is 13.2 Å². The summed E-state index contributed by atoms with van der Waals surface area (Å²) in [6, 6.07) is 6.00. The highest BCUT2D eigenvalue weighted by molar-refractivity contribution is 7.92. The summed E-state index contributed by atoms with van der Waals surface area (Å²) in [5, 5.41) is 13.1. The average molecular weight is 352 g/mol. The number of amides is 2. The van der Waals surface area contributed by atoms with Crippen molar-refractivity contribution >= 4 is 27.4 Å². The van der Waals surface area contributed by atoms with Crippen molar-refractivity contribution in [3.05, 3.63) is 36.4 Å². The molecule has 0 aliphatic carbocycles. The van der Waals surface area contributed by atoms with E-state index in [1.807, 2.05) is 11.5 Å². The van der Waals surface area contributed by atoms with Crippen molar-refractivity contribution in [2.45, 2.75) is 26.4 Å². The number of benzene rings is 1. The van der Waals surface area contributed by atoms with Crippen LogP contribution in [0.25, 0.3) is 0 Å². The summed E-state index contributed by atoms with van der Waals surface area (Å²) in [5.74, 6) is 0.666. The molecule has 10 heteroatoms. The molecule has 3 N–H and O–H groups in total. The van der Waals surface area contributed by atoms with Crippen LogP contribution in [-0.2, 0) is 23.1 Å². The van der Waals surface area contributed by atoms with Gasteiger partial charge in [-0.05, 0) is 24.6 Å². The van der Waals surface area contributed by atoms with Gasteiger partial charge in [-0.3, -0.25) is 4.72 Å². The third kappa shape index (κ3) is 5.54. The number of aryl methyl sites for hydroxylation is 1. The molecule has 0 aliphatic heterocycles. The molecule has 9 nitrogen and oxygen atoms in total. The third-order valence-corrected chi connectivity index (χ3v) is 3.60. The maximum atomic E-state index is 12.0. The van der Waals surface area contributed by atoms with Crippen LogP contribution < -0.4 is 15.4 Å². The Kier molecular flexibility index (Phi) is 5.74. The zero-order chi connectivity index (χ0) is 17.6. The molecule has 130 valence electrons. The van der Waals surface area contributed by atoms with Crippen LogP contribution in [0.5, 0.6) is 0 Å². The fourth-order valence-electron chi connectivity index (χ4n) is 2.05. The smallest absolute Gasteiger partial charge is 0.319 e. The molecule has 2 amide bonds. The molecule has 0 saturated heterocycles. The van der Waals surface area contributed by atoms with E-state index >= 15 is 0 Å². The number of sulfonamides is 1. The topological polar surface area (TPSA) is 118 Å². The van der Waals surface area contributed by atoms with Gasteiger partial charge in [-0.25, -0.2) is 13.2 Å². The van der Waals surface area contributed by atoms with E-state index in [0.717, 1.165) is 19.2 Å². The van der Waals surface area contributed by atoms with E-state index < -0.39 is 16.1 Å². The highest BCUT2D eigenvalue weighted by Crippen LogP contribution is 2.15. The lowest BCUT2D eigenvalue weighted by molar-refractivity contribution is 0.251. The van der Waals surface area contributed by atoms with Crippen molar-refractivity contribution in [1.29, 1.82) is 0 Å². The first-order valence-electron chi connectivity index (χ1n) is 7.37. The van der Waals surface area contributed by atoms with E-state index in [1.165, 1.54) is 6.07 Å². The minimum atomic E-state index is -3.37. The van der Waals surface area contributed by atoms with Gasteiger partial charge in [-0.15, -0.1) is 10.2 Å². The quantitative estimate of drug-likeness (QED) is 0.696. The lowest BCUT2D eigenvalue weighted by atomic mass is 10.3. The van der Waals surface area contributed by atoms with Crippen molar-refractivity contribution in [2.75, 3.05) is 16.3 Å². The second-order valence-electron chi connectivity index (χ2n) is 5.20. The van der Waals surface area contributed by atoms with Crippen molar-refractivity contribution in [2.24, 2.45) is 0 Å². The maximum absolute atomic E-state index is 12.0. The molecule has 0 spiro atoms. The maximum Gasteiger partial charge on any atom is 0.319 e. The Morgan fingerprint density at radius 1 is 1.29 bits per heavy atom. The number of nitrogens with one attached hydrogen (secondary N) is 3. The van der Waals surface area contributed by atoms with Crippen molar-refractivity contribution in [1.82, 2.24) is 20.1 Å². The molecule has 0 saturated carbocycles. The summed E-state index contributed by atoms with van der Waals surface area (Å²) in [5.41, 5.74) is 0.842. The minimum Gasteiger partial charge on any atom is -0.331 e. The zero-order valence-electron chi connectivity index (χ0n) is 13.5. The molecule has 0 aliphatic rings. The molecule has 1 aromatic heterocycles. The second-order valence-corrected chi connectivity index (χ2v) is 6.95. The van der Waals surface area contributed by atoms with Gasteiger partial charge < -0.3 is 15.2 Å². The van der Waals surface area contributed by atoms with Gasteiger partial charge in [-0.1, -0.05) is 13.0 Å². The number of rotatable bonds is 7. The number of aromatic nitrogens is 3. The molecule has 0 bridgehead atoms. The number of urea groups is 1. The van der Waals surface area contributed by atoms with Crippen LogP contribution in [-0.4, -0.2) is 35.5 Å². The van der Waals surface area contributed by atoms with Crippen molar-refractivity contribution in [3.8, 4) is 0 Å².